The van der Waals surface area contributed by atoms with Crippen LogP contribution >= 0.6 is 23.2 Å². The molecular weight excluding hydrogens is 303 g/mol. The van der Waals surface area contributed by atoms with Crippen LogP contribution in [0.25, 0.3) is 0 Å². The molecule has 116 valence electrons. The van der Waals surface area contributed by atoms with Crippen LogP contribution in [-0.2, 0) is 0 Å². The Bertz CT molecular complexity index is 509. The summed E-state index contributed by atoms with van der Waals surface area (Å²) in [6.07, 6.45) is 6.20. The minimum Gasteiger partial charge on any atom is -0.371 e. The first kappa shape index (κ1) is 16.5. The van der Waals surface area contributed by atoms with Crippen LogP contribution in [0.2, 0.25) is 0 Å². The number of rotatable bonds is 4. The number of anilines is 1. The van der Waals surface area contributed by atoms with Crippen LogP contribution in [0, 0.1) is 20.8 Å². The second kappa shape index (κ2) is 7.42. The van der Waals surface area contributed by atoms with E-state index in [9.17, 15) is 0 Å². The molecule has 1 aliphatic rings. The summed E-state index contributed by atoms with van der Waals surface area (Å²) < 4.78 is 0. The Hall–Kier alpha value is -0.860. The van der Waals surface area contributed by atoms with Crippen molar-refractivity contribution in [3.05, 3.63) is 39.1 Å². The lowest BCUT2D eigenvalue weighted by Crippen LogP contribution is -2.29. The maximum absolute atomic E-state index is 6.34. The zero-order chi connectivity index (χ0) is 15.4. The standard InChI is InChI=1S/C17H24Cl2N2/c1-11-9-12(2)15(13(3)10-11)21-17(19)16(18)20-14-7-5-4-6-8-14/h9-10,14,20-21H,4-8H2,1-3H3/b17-16-. The highest BCUT2D eigenvalue weighted by molar-refractivity contribution is 6.39. The average molecular weight is 327 g/mol. The summed E-state index contributed by atoms with van der Waals surface area (Å²) in [6.45, 7) is 6.25. The fourth-order valence-corrected chi connectivity index (χ4v) is 3.38. The van der Waals surface area contributed by atoms with E-state index in [-0.39, 0.29) is 0 Å². The molecule has 1 aromatic carbocycles. The van der Waals surface area contributed by atoms with E-state index in [1.807, 2.05) is 0 Å². The van der Waals surface area contributed by atoms with Crippen LogP contribution in [-0.4, -0.2) is 6.04 Å². The minimum absolute atomic E-state index is 0.446. The van der Waals surface area contributed by atoms with Gasteiger partial charge in [-0.2, -0.15) is 0 Å². The zero-order valence-electron chi connectivity index (χ0n) is 13.0. The Morgan fingerprint density at radius 3 is 2.10 bits per heavy atom. The second-order valence-electron chi connectivity index (χ2n) is 6.01. The number of halogens is 2. The first-order valence-corrected chi connectivity index (χ1v) is 8.39. The van der Waals surface area contributed by atoms with E-state index in [0.717, 1.165) is 5.69 Å². The van der Waals surface area contributed by atoms with E-state index in [1.165, 1.54) is 48.8 Å². The molecule has 1 aromatic rings. The molecule has 4 heteroatoms. The van der Waals surface area contributed by atoms with Gasteiger partial charge in [0.1, 0.15) is 10.3 Å². The molecular formula is C17H24Cl2N2. The maximum Gasteiger partial charge on any atom is 0.142 e. The van der Waals surface area contributed by atoms with Gasteiger partial charge in [0, 0.05) is 11.7 Å². The summed E-state index contributed by atoms with van der Waals surface area (Å²) in [6, 6.07) is 4.73. The highest BCUT2D eigenvalue weighted by Crippen LogP contribution is 2.26. The fourth-order valence-electron chi connectivity index (χ4n) is 3.03. The minimum atomic E-state index is 0.446. The summed E-state index contributed by atoms with van der Waals surface area (Å²) in [5.74, 6) is 0. The van der Waals surface area contributed by atoms with Crippen molar-refractivity contribution in [2.75, 3.05) is 5.32 Å². The summed E-state index contributed by atoms with van der Waals surface area (Å²) in [5.41, 5.74) is 4.64. The van der Waals surface area contributed by atoms with Gasteiger partial charge in [-0.05, 0) is 44.7 Å². The van der Waals surface area contributed by atoms with Gasteiger partial charge in [0.15, 0.2) is 0 Å². The first-order chi connectivity index (χ1) is 9.97. The summed E-state index contributed by atoms with van der Waals surface area (Å²) in [4.78, 5) is 0. The monoisotopic (exact) mass is 326 g/mol. The lowest BCUT2D eigenvalue weighted by atomic mass is 9.96. The molecule has 0 unspecified atom stereocenters. The number of nitrogens with one attached hydrogen (secondary N) is 2. The molecule has 2 rings (SSSR count). The largest absolute Gasteiger partial charge is 0.371 e. The number of hydrogen-bond donors (Lipinski definition) is 2. The Morgan fingerprint density at radius 1 is 0.952 bits per heavy atom. The fraction of sp³-hybridized carbons (Fsp3) is 0.529. The Labute approximate surface area is 137 Å². The molecule has 2 nitrogen and oxygen atoms in total. The molecule has 0 bridgehead atoms. The van der Waals surface area contributed by atoms with Crippen LogP contribution in [0.4, 0.5) is 5.69 Å². The third kappa shape index (κ3) is 4.55. The molecule has 1 saturated carbocycles. The molecule has 1 aliphatic carbocycles. The van der Waals surface area contributed by atoms with Crippen LogP contribution in [0.5, 0.6) is 0 Å². The van der Waals surface area contributed by atoms with E-state index in [4.69, 9.17) is 23.2 Å². The van der Waals surface area contributed by atoms with E-state index >= 15 is 0 Å². The van der Waals surface area contributed by atoms with Crippen molar-refractivity contribution in [3.8, 4) is 0 Å². The molecule has 1 fully saturated rings. The molecule has 0 spiro atoms. The van der Waals surface area contributed by atoms with E-state index in [2.05, 4.69) is 43.5 Å². The summed E-state index contributed by atoms with van der Waals surface area (Å²) >= 11 is 12.7. The zero-order valence-corrected chi connectivity index (χ0v) is 14.5. The third-order valence-electron chi connectivity index (χ3n) is 4.04. The number of benzene rings is 1. The highest BCUT2D eigenvalue weighted by atomic mass is 35.5. The smallest absolute Gasteiger partial charge is 0.142 e. The van der Waals surface area contributed by atoms with Crippen LogP contribution in [0.3, 0.4) is 0 Å². The Morgan fingerprint density at radius 2 is 1.52 bits per heavy atom. The summed E-state index contributed by atoms with van der Waals surface area (Å²) in [7, 11) is 0. The molecule has 0 amide bonds. The topological polar surface area (TPSA) is 24.1 Å². The van der Waals surface area contributed by atoms with Gasteiger partial charge in [-0.3, -0.25) is 0 Å². The molecule has 0 aliphatic heterocycles. The SMILES string of the molecule is Cc1cc(C)c(N/C(Cl)=C(/Cl)NC2CCCCC2)c(C)c1. The molecule has 0 radical (unpaired) electrons. The van der Waals surface area contributed by atoms with Crippen molar-refractivity contribution in [1.82, 2.24) is 5.32 Å². The quantitative estimate of drug-likeness (QED) is 0.709. The van der Waals surface area contributed by atoms with Gasteiger partial charge in [0.2, 0.25) is 0 Å². The summed E-state index contributed by atoms with van der Waals surface area (Å²) in [5, 5.41) is 7.57. The number of hydrogen-bond acceptors (Lipinski definition) is 2. The first-order valence-electron chi connectivity index (χ1n) is 7.64. The van der Waals surface area contributed by atoms with Crippen molar-refractivity contribution >= 4 is 28.9 Å². The van der Waals surface area contributed by atoms with E-state index < -0.39 is 0 Å². The van der Waals surface area contributed by atoms with Crippen molar-refractivity contribution in [1.29, 1.82) is 0 Å². The lowest BCUT2D eigenvalue weighted by Gasteiger charge is -2.24. The van der Waals surface area contributed by atoms with Gasteiger partial charge in [0.25, 0.3) is 0 Å². The van der Waals surface area contributed by atoms with Gasteiger partial charge in [0.05, 0.1) is 0 Å². The van der Waals surface area contributed by atoms with Crippen molar-refractivity contribution < 1.29 is 0 Å². The van der Waals surface area contributed by atoms with Crippen molar-refractivity contribution in [2.24, 2.45) is 0 Å². The lowest BCUT2D eigenvalue weighted by molar-refractivity contribution is 0.401. The van der Waals surface area contributed by atoms with Gasteiger partial charge in [-0.15, -0.1) is 0 Å². The van der Waals surface area contributed by atoms with Gasteiger partial charge >= 0.3 is 0 Å². The van der Waals surface area contributed by atoms with Crippen molar-refractivity contribution in [2.45, 2.75) is 58.9 Å². The third-order valence-corrected chi connectivity index (χ3v) is 4.72. The molecule has 0 aromatic heterocycles. The average Bonchev–Trinajstić information content (AvgIpc) is 2.43. The number of aryl methyl sites for hydroxylation is 3. The Balaban J connectivity index is 2.08. The molecule has 2 N–H and O–H groups in total. The van der Waals surface area contributed by atoms with Crippen LogP contribution < -0.4 is 10.6 Å². The Kier molecular flexibility index (Phi) is 5.83. The molecule has 0 saturated heterocycles. The van der Waals surface area contributed by atoms with Crippen molar-refractivity contribution in [3.63, 3.8) is 0 Å². The normalized spacial score (nSPS) is 17.4. The van der Waals surface area contributed by atoms with Gasteiger partial charge in [-0.1, -0.05) is 60.2 Å². The maximum atomic E-state index is 6.34. The van der Waals surface area contributed by atoms with Gasteiger partial charge in [-0.25, -0.2) is 0 Å². The molecule has 0 atom stereocenters. The van der Waals surface area contributed by atoms with Crippen LogP contribution in [0.1, 0.15) is 48.8 Å². The van der Waals surface area contributed by atoms with E-state index in [0.29, 0.717) is 16.4 Å². The van der Waals surface area contributed by atoms with Crippen LogP contribution in [0.15, 0.2) is 22.4 Å². The molecule has 0 heterocycles. The molecule has 21 heavy (non-hydrogen) atoms. The highest BCUT2D eigenvalue weighted by Gasteiger charge is 2.15. The van der Waals surface area contributed by atoms with Gasteiger partial charge < -0.3 is 10.6 Å². The predicted octanol–water partition coefficient (Wildman–Crippen LogP) is 5.55. The second-order valence-corrected chi connectivity index (χ2v) is 6.76. The predicted molar refractivity (Wildman–Crippen MR) is 93.0 cm³/mol. The van der Waals surface area contributed by atoms with E-state index in [1.54, 1.807) is 0 Å².